The number of rotatable bonds is 6. The molecule has 0 bridgehead atoms. The van der Waals surface area contributed by atoms with Crippen molar-refractivity contribution >= 4 is 69.7 Å². The number of nitrogens with one attached hydrogen (secondary N) is 1. The van der Waals surface area contributed by atoms with Crippen LogP contribution < -0.4 is 25.4 Å². The molecular formula is C21H17ClIN3O6. The number of ether oxygens (including phenoxy) is 2. The fourth-order valence-corrected chi connectivity index (χ4v) is 3.84. The summed E-state index contributed by atoms with van der Waals surface area (Å²) in [6, 6.07) is 6.96. The Kier molecular flexibility index (Phi) is 7.04. The molecule has 0 radical (unpaired) electrons. The van der Waals surface area contributed by atoms with Crippen molar-refractivity contribution in [3.8, 4) is 11.5 Å². The maximum atomic E-state index is 13.1. The zero-order valence-electron chi connectivity index (χ0n) is 16.9. The first-order valence-corrected chi connectivity index (χ1v) is 10.5. The molecule has 0 unspecified atom stereocenters. The van der Waals surface area contributed by atoms with E-state index in [-0.39, 0.29) is 23.6 Å². The average Bonchev–Trinajstić information content (AvgIpc) is 2.72. The van der Waals surface area contributed by atoms with Gasteiger partial charge in [0.05, 0.1) is 16.4 Å². The largest absolute Gasteiger partial charge is 0.493 e. The zero-order valence-corrected chi connectivity index (χ0v) is 19.8. The SMILES string of the molecule is COc1cc(/C=C2\C(=O)NC(=O)N(c3ccc(C)c(Cl)c3)C2=O)cc(I)c1OCC(N)=O. The van der Waals surface area contributed by atoms with E-state index in [0.29, 0.717) is 19.9 Å². The molecule has 1 heterocycles. The van der Waals surface area contributed by atoms with Gasteiger partial charge in [-0.05, 0) is 71.0 Å². The first-order chi connectivity index (χ1) is 15.1. The molecule has 3 rings (SSSR count). The average molecular weight is 570 g/mol. The number of urea groups is 1. The van der Waals surface area contributed by atoms with Gasteiger partial charge in [0, 0.05) is 5.02 Å². The van der Waals surface area contributed by atoms with Gasteiger partial charge in [-0.15, -0.1) is 0 Å². The van der Waals surface area contributed by atoms with Crippen molar-refractivity contribution in [1.82, 2.24) is 5.32 Å². The molecule has 1 aliphatic rings. The molecule has 0 atom stereocenters. The van der Waals surface area contributed by atoms with Crippen LogP contribution in [0.3, 0.4) is 0 Å². The van der Waals surface area contributed by atoms with Crippen LogP contribution in [0.5, 0.6) is 11.5 Å². The van der Waals surface area contributed by atoms with Crippen molar-refractivity contribution in [3.63, 3.8) is 0 Å². The van der Waals surface area contributed by atoms with Crippen LogP contribution in [0.2, 0.25) is 5.02 Å². The lowest BCUT2D eigenvalue weighted by atomic mass is 10.1. The van der Waals surface area contributed by atoms with Gasteiger partial charge in [0.1, 0.15) is 5.57 Å². The number of primary amides is 1. The first kappa shape index (κ1) is 23.5. The van der Waals surface area contributed by atoms with Gasteiger partial charge in [-0.25, -0.2) is 9.69 Å². The minimum atomic E-state index is -0.876. The first-order valence-electron chi connectivity index (χ1n) is 9.08. The highest BCUT2D eigenvalue weighted by Gasteiger charge is 2.37. The van der Waals surface area contributed by atoms with E-state index < -0.39 is 23.8 Å². The molecule has 1 fully saturated rings. The lowest BCUT2D eigenvalue weighted by Crippen LogP contribution is -2.54. The van der Waals surface area contributed by atoms with Gasteiger partial charge in [-0.2, -0.15) is 0 Å². The molecule has 1 aliphatic heterocycles. The molecule has 9 nitrogen and oxygen atoms in total. The Labute approximate surface area is 201 Å². The fourth-order valence-electron chi connectivity index (χ4n) is 2.89. The maximum absolute atomic E-state index is 13.1. The maximum Gasteiger partial charge on any atom is 0.335 e. The van der Waals surface area contributed by atoms with Gasteiger partial charge in [0.15, 0.2) is 18.1 Å². The highest BCUT2D eigenvalue weighted by molar-refractivity contribution is 14.1. The minimum absolute atomic E-state index is 0.226. The molecule has 166 valence electrons. The number of carbonyl (C=O) groups excluding carboxylic acids is 4. The molecule has 2 aromatic rings. The number of aryl methyl sites for hydroxylation is 1. The number of imide groups is 2. The number of barbiturate groups is 1. The molecule has 0 aliphatic carbocycles. The summed E-state index contributed by atoms with van der Waals surface area (Å²) in [5, 5.41) is 2.53. The molecular weight excluding hydrogens is 553 g/mol. The number of amides is 5. The van der Waals surface area contributed by atoms with Crippen LogP contribution in [0, 0.1) is 10.5 Å². The normalized spacial score (nSPS) is 15.1. The van der Waals surface area contributed by atoms with Crippen molar-refractivity contribution < 1.29 is 28.7 Å². The number of carbonyl (C=O) groups is 4. The quantitative estimate of drug-likeness (QED) is 0.313. The molecule has 0 saturated carbocycles. The molecule has 3 N–H and O–H groups in total. The number of hydrogen-bond donors (Lipinski definition) is 2. The summed E-state index contributed by atoms with van der Waals surface area (Å²) < 4.78 is 11.2. The monoisotopic (exact) mass is 569 g/mol. The third-order valence-electron chi connectivity index (χ3n) is 4.44. The van der Waals surface area contributed by atoms with Crippen LogP contribution in [0.1, 0.15) is 11.1 Å². The minimum Gasteiger partial charge on any atom is -0.493 e. The lowest BCUT2D eigenvalue weighted by Gasteiger charge is -2.26. The molecule has 11 heteroatoms. The van der Waals surface area contributed by atoms with Gasteiger partial charge < -0.3 is 15.2 Å². The van der Waals surface area contributed by atoms with Crippen molar-refractivity contribution in [3.05, 3.63) is 55.6 Å². The number of methoxy groups -OCH3 is 1. The highest BCUT2D eigenvalue weighted by Crippen LogP contribution is 2.35. The Morgan fingerprint density at radius 3 is 2.59 bits per heavy atom. The fraction of sp³-hybridized carbons (Fsp3) is 0.143. The van der Waals surface area contributed by atoms with Crippen LogP contribution >= 0.6 is 34.2 Å². The van der Waals surface area contributed by atoms with Crippen molar-refractivity contribution in [2.24, 2.45) is 5.73 Å². The van der Waals surface area contributed by atoms with Gasteiger partial charge >= 0.3 is 6.03 Å². The molecule has 0 aromatic heterocycles. The standard InChI is InChI=1S/C21H17ClIN3O6/c1-10-3-4-12(8-14(10)22)26-20(29)13(19(28)25-21(26)30)5-11-6-15(23)18(16(7-11)31-2)32-9-17(24)27/h3-8H,9H2,1-2H3,(H2,24,27)(H,25,28,30)/b13-5+. The van der Waals surface area contributed by atoms with E-state index in [2.05, 4.69) is 5.32 Å². The van der Waals surface area contributed by atoms with Gasteiger partial charge in [0.25, 0.3) is 17.7 Å². The second-order valence-corrected chi connectivity index (χ2v) is 8.25. The number of nitrogens with zero attached hydrogens (tertiary/aromatic N) is 1. The predicted octanol–water partition coefficient (Wildman–Crippen LogP) is 2.79. The van der Waals surface area contributed by atoms with Gasteiger partial charge in [-0.1, -0.05) is 17.7 Å². The molecule has 5 amide bonds. The number of hydrogen-bond acceptors (Lipinski definition) is 6. The van der Waals surface area contributed by atoms with Gasteiger partial charge in [-0.3, -0.25) is 19.7 Å². The predicted molar refractivity (Wildman–Crippen MR) is 126 cm³/mol. The van der Waals surface area contributed by atoms with E-state index in [1.165, 1.54) is 25.3 Å². The van der Waals surface area contributed by atoms with Crippen molar-refractivity contribution in [2.45, 2.75) is 6.92 Å². The van der Waals surface area contributed by atoms with E-state index in [1.807, 2.05) is 22.6 Å². The summed E-state index contributed by atoms with van der Waals surface area (Å²) in [5.41, 5.74) is 6.29. The summed E-state index contributed by atoms with van der Waals surface area (Å²) >= 11 is 8.09. The van der Waals surface area contributed by atoms with E-state index in [4.69, 9.17) is 26.8 Å². The van der Waals surface area contributed by atoms with E-state index >= 15 is 0 Å². The van der Waals surface area contributed by atoms with Crippen LogP contribution in [-0.2, 0) is 14.4 Å². The Morgan fingerprint density at radius 2 is 1.97 bits per heavy atom. The van der Waals surface area contributed by atoms with E-state index in [9.17, 15) is 19.2 Å². The number of nitrogens with two attached hydrogens (primary N) is 1. The summed E-state index contributed by atoms with van der Waals surface area (Å²) in [7, 11) is 1.40. The summed E-state index contributed by atoms with van der Waals surface area (Å²) in [6.07, 6.45) is 1.33. The highest BCUT2D eigenvalue weighted by atomic mass is 127. The zero-order chi connectivity index (χ0) is 23.6. The van der Waals surface area contributed by atoms with Crippen LogP contribution in [0.25, 0.3) is 6.08 Å². The summed E-state index contributed by atoms with van der Waals surface area (Å²) in [4.78, 5) is 49.7. The number of benzene rings is 2. The second-order valence-electron chi connectivity index (χ2n) is 6.68. The Morgan fingerprint density at radius 1 is 1.25 bits per heavy atom. The molecule has 2 aromatic carbocycles. The summed E-state index contributed by atoms with van der Waals surface area (Å²) in [6.45, 7) is 1.44. The summed E-state index contributed by atoms with van der Waals surface area (Å²) in [5.74, 6) is -1.73. The van der Waals surface area contributed by atoms with E-state index in [0.717, 1.165) is 10.5 Å². The second kappa shape index (κ2) is 9.57. The molecule has 32 heavy (non-hydrogen) atoms. The smallest absolute Gasteiger partial charge is 0.335 e. The molecule has 0 spiro atoms. The van der Waals surface area contributed by atoms with Crippen LogP contribution in [0.15, 0.2) is 35.9 Å². The molecule has 1 saturated heterocycles. The van der Waals surface area contributed by atoms with E-state index in [1.54, 1.807) is 25.1 Å². The Hall–Kier alpha value is -3.12. The van der Waals surface area contributed by atoms with Crippen LogP contribution in [0.4, 0.5) is 10.5 Å². The Bertz CT molecular complexity index is 1180. The van der Waals surface area contributed by atoms with Crippen LogP contribution in [-0.4, -0.2) is 37.5 Å². The third-order valence-corrected chi connectivity index (χ3v) is 5.65. The Balaban J connectivity index is 2.01. The number of halogens is 2. The van der Waals surface area contributed by atoms with Crippen molar-refractivity contribution in [2.75, 3.05) is 18.6 Å². The third kappa shape index (κ3) is 4.86. The topological polar surface area (TPSA) is 128 Å². The lowest BCUT2D eigenvalue weighted by molar-refractivity contribution is -0.123. The van der Waals surface area contributed by atoms with Crippen molar-refractivity contribution in [1.29, 1.82) is 0 Å². The number of anilines is 1. The van der Waals surface area contributed by atoms with Gasteiger partial charge in [0.2, 0.25) is 0 Å².